The Morgan fingerprint density at radius 3 is 2.16 bits per heavy atom. The number of likely N-dealkylation sites (tertiary alicyclic amines) is 1. The van der Waals surface area contributed by atoms with Gasteiger partial charge in [-0.05, 0) is 98.9 Å². The number of amides is 1. The minimum Gasteiger partial charge on any atom is -1.00 e. The van der Waals surface area contributed by atoms with Gasteiger partial charge < -0.3 is 22.2 Å². The van der Waals surface area contributed by atoms with Crippen molar-refractivity contribution in [2.45, 2.75) is 65.3 Å². The van der Waals surface area contributed by atoms with Crippen molar-refractivity contribution in [2.75, 3.05) is 25.0 Å². The van der Waals surface area contributed by atoms with E-state index in [9.17, 15) is 4.79 Å². The molecule has 1 aliphatic carbocycles. The van der Waals surface area contributed by atoms with Crippen LogP contribution in [0.5, 0.6) is 0 Å². The molecular formula is C34H41ClN2O. The summed E-state index contributed by atoms with van der Waals surface area (Å²) in [5, 5.41) is 3.16. The van der Waals surface area contributed by atoms with E-state index < -0.39 is 0 Å². The van der Waals surface area contributed by atoms with E-state index in [1.54, 1.807) is 0 Å². The second-order valence-electron chi connectivity index (χ2n) is 11.1. The molecule has 1 fully saturated rings. The van der Waals surface area contributed by atoms with E-state index in [0.717, 1.165) is 36.2 Å². The van der Waals surface area contributed by atoms with Crippen LogP contribution in [0.1, 0.15) is 67.7 Å². The number of anilines is 1. The van der Waals surface area contributed by atoms with Crippen molar-refractivity contribution in [2.24, 2.45) is 0 Å². The summed E-state index contributed by atoms with van der Waals surface area (Å²) < 4.78 is 1.20. The number of benzene rings is 3. The van der Waals surface area contributed by atoms with Crippen LogP contribution in [-0.4, -0.2) is 30.0 Å². The summed E-state index contributed by atoms with van der Waals surface area (Å²) in [6.07, 6.45) is 10.6. The molecule has 0 atom stereocenters. The lowest BCUT2D eigenvalue weighted by molar-refractivity contribution is -0.940. The van der Waals surface area contributed by atoms with E-state index in [4.69, 9.17) is 0 Å². The minimum absolute atomic E-state index is 0. The van der Waals surface area contributed by atoms with Crippen molar-refractivity contribution in [3.63, 3.8) is 0 Å². The lowest BCUT2D eigenvalue weighted by Crippen LogP contribution is -3.00. The molecule has 4 heteroatoms. The highest BCUT2D eigenvalue weighted by atomic mass is 35.5. The number of hydrogen-bond donors (Lipinski definition) is 1. The largest absolute Gasteiger partial charge is 1.00 e. The number of nitrogens with one attached hydrogen (secondary N) is 1. The summed E-state index contributed by atoms with van der Waals surface area (Å²) in [5.41, 5.74) is 9.24. The first-order chi connectivity index (χ1) is 18.0. The highest BCUT2D eigenvalue weighted by Gasteiger charge is 2.26. The fraction of sp³-hybridized carbons (Fsp3) is 0.382. The molecule has 0 spiro atoms. The van der Waals surface area contributed by atoms with Crippen LogP contribution >= 0.6 is 0 Å². The second-order valence-corrected chi connectivity index (χ2v) is 11.1. The Morgan fingerprint density at radius 1 is 0.816 bits per heavy atom. The van der Waals surface area contributed by atoms with Gasteiger partial charge in [0.2, 0.25) is 0 Å². The van der Waals surface area contributed by atoms with Crippen molar-refractivity contribution in [1.29, 1.82) is 0 Å². The summed E-state index contributed by atoms with van der Waals surface area (Å²) in [6, 6.07) is 23.8. The number of nitrogens with zero attached hydrogens (tertiary/aromatic N) is 1. The van der Waals surface area contributed by atoms with E-state index in [2.05, 4.69) is 92.0 Å². The average molecular weight is 529 g/mol. The van der Waals surface area contributed by atoms with Crippen LogP contribution < -0.4 is 17.7 Å². The molecule has 0 unspecified atom stereocenters. The lowest BCUT2D eigenvalue weighted by atomic mass is 9.89. The Hall–Kier alpha value is -2.88. The van der Waals surface area contributed by atoms with Gasteiger partial charge in [-0.2, -0.15) is 0 Å². The minimum atomic E-state index is 0. The Labute approximate surface area is 235 Å². The summed E-state index contributed by atoms with van der Waals surface area (Å²) in [5.74, 6) is 0.0139. The predicted molar refractivity (Wildman–Crippen MR) is 155 cm³/mol. The maximum atomic E-state index is 13.2. The summed E-state index contributed by atoms with van der Waals surface area (Å²) >= 11 is 0. The van der Waals surface area contributed by atoms with Gasteiger partial charge in [0.1, 0.15) is 6.54 Å². The van der Waals surface area contributed by atoms with Crippen molar-refractivity contribution < 1.29 is 21.7 Å². The van der Waals surface area contributed by atoms with Gasteiger partial charge in [0.15, 0.2) is 0 Å². The molecule has 5 rings (SSSR count). The topological polar surface area (TPSA) is 29.1 Å². The van der Waals surface area contributed by atoms with E-state index in [-0.39, 0.29) is 18.3 Å². The van der Waals surface area contributed by atoms with Crippen LogP contribution in [-0.2, 0) is 17.8 Å². The number of carbonyl (C=O) groups is 1. The van der Waals surface area contributed by atoms with Gasteiger partial charge in [0, 0.05) is 16.8 Å². The van der Waals surface area contributed by atoms with Crippen molar-refractivity contribution in [1.82, 2.24) is 0 Å². The van der Waals surface area contributed by atoms with Crippen LogP contribution in [0.3, 0.4) is 0 Å². The van der Waals surface area contributed by atoms with E-state index in [1.807, 2.05) is 0 Å². The Morgan fingerprint density at radius 2 is 1.47 bits per heavy atom. The number of aryl methyl sites for hydroxylation is 2. The molecule has 0 saturated carbocycles. The molecular weight excluding hydrogens is 488 g/mol. The fourth-order valence-corrected chi connectivity index (χ4v) is 6.01. The van der Waals surface area contributed by atoms with Crippen LogP contribution in [0.2, 0.25) is 0 Å². The van der Waals surface area contributed by atoms with Crippen LogP contribution in [0.15, 0.2) is 72.3 Å². The second kappa shape index (κ2) is 12.8. The molecule has 1 N–H and O–H groups in total. The number of carbonyl (C=O) groups excluding carboxylic acids is 1. The van der Waals surface area contributed by atoms with E-state index in [1.165, 1.54) is 84.0 Å². The van der Waals surface area contributed by atoms with E-state index >= 15 is 0 Å². The zero-order valence-electron chi connectivity index (χ0n) is 22.9. The molecule has 0 radical (unpaired) electrons. The molecule has 3 aromatic rings. The van der Waals surface area contributed by atoms with E-state index in [0.29, 0.717) is 0 Å². The molecule has 1 aliphatic heterocycles. The summed E-state index contributed by atoms with van der Waals surface area (Å²) in [6.45, 7) is 9.32. The lowest BCUT2D eigenvalue weighted by Gasteiger charge is -2.39. The first-order valence-electron chi connectivity index (χ1n) is 14.2. The van der Waals surface area contributed by atoms with Gasteiger partial charge in [0.25, 0.3) is 5.91 Å². The SMILES string of the molecule is CC[N+]1(Cc2ccc(NC(=O)C3=Cc4cc(-c5ccc(C)cc5)ccc4CC3)cc2)CCCCCCC1.[Cl-]. The third-order valence-electron chi connectivity index (χ3n) is 8.48. The van der Waals surface area contributed by atoms with Crippen LogP contribution in [0.4, 0.5) is 5.69 Å². The highest BCUT2D eigenvalue weighted by molar-refractivity contribution is 6.07. The maximum Gasteiger partial charge on any atom is 0.251 e. The molecule has 1 heterocycles. The molecule has 1 saturated heterocycles. The van der Waals surface area contributed by atoms with Crippen LogP contribution in [0, 0.1) is 6.92 Å². The van der Waals surface area contributed by atoms with Gasteiger partial charge >= 0.3 is 0 Å². The smallest absolute Gasteiger partial charge is 0.251 e. The first-order valence-corrected chi connectivity index (χ1v) is 14.2. The third-order valence-corrected chi connectivity index (χ3v) is 8.48. The van der Waals surface area contributed by atoms with Gasteiger partial charge in [0.05, 0.1) is 19.6 Å². The third kappa shape index (κ3) is 6.76. The highest BCUT2D eigenvalue weighted by Crippen LogP contribution is 2.30. The summed E-state index contributed by atoms with van der Waals surface area (Å²) in [4.78, 5) is 13.2. The standard InChI is InChI=1S/C34H40N2O.ClH/c1-3-36(21-7-5-4-6-8-22-36)25-27-11-19-33(20-12-27)35-34(37)31-18-16-29-15-17-30(23-32(29)24-31)28-13-9-26(2)10-14-28;/h9-15,17,19-20,23-24H,3-8,16,18,21-22,25H2,1-2H3;1H. The van der Waals surface area contributed by atoms with Gasteiger partial charge in [-0.25, -0.2) is 0 Å². The Bertz CT molecular complexity index is 1250. The number of rotatable bonds is 6. The monoisotopic (exact) mass is 528 g/mol. The van der Waals surface area contributed by atoms with Crippen molar-refractivity contribution >= 4 is 17.7 Å². The number of fused-ring (bicyclic) bond motifs is 1. The predicted octanol–water partition coefficient (Wildman–Crippen LogP) is 4.94. The number of halogens is 1. The molecule has 0 bridgehead atoms. The zero-order chi connectivity index (χ0) is 25.7. The zero-order valence-corrected chi connectivity index (χ0v) is 23.7. The van der Waals surface area contributed by atoms with Gasteiger partial charge in [-0.15, -0.1) is 0 Å². The maximum absolute atomic E-state index is 13.2. The fourth-order valence-electron chi connectivity index (χ4n) is 6.01. The van der Waals surface area contributed by atoms with Gasteiger partial charge in [-0.1, -0.05) is 60.5 Å². The molecule has 0 aromatic heterocycles. The van der Waals surface area contributed by atoms with Crippen molar-refractivity contribution in [3.05, 3.63) is 94.6 Å². The average Bonchev–Trinajstić information content (AvgIpc) is 2.91. The first kappa shape index (κ1) is 28.1. The molecule has 2 aliphatic rings. The molecule has 200 valence electrons. The van der Waals surface area contributed by atoms with Crippen molar-refractivity contribution in [3.8, 4) is 11.1 Å². The summed E-state index contributed by atoms with van der Waals surface area (Å²) in [7, 11) is 0. The Kier molecular flexibility index (Phi) is 9.46. The molecule has 3 nitrogen and oxygen atoms in total. The van der Waals surface area contributed by atoms with Gasteiger partial charge in [-0.3, -0.25) is 4.79 Å². The number of hydrogen-bond acceptors (Lipinski definition) is 1. The molecule has 3 aromatic carbocycles. The van der Waals surface area contributed by atoms with Crippen LogP contribution in [0.25, 0.3) is 17.2 Å². The normalized spacial score (nSPS) is 16.7. The molecule has 1 amide bonds. The number of quaternary nitrogens is 1. The quantitative estimate of drug-likeness (QED) is 0.451. The Balaban J connectivity index is 0.00000336. The molecule has 38 heavy (non-hydrogen) atoms.